The summed E-state index contributed by atoms with van der Waals surface area (Å²) in [6, 6.07) is 0.0895. The van der Waals surface area contributed by atoms with Gasteiger partial charge in [-0.25, -0.2) is 0 Å². The Bertz CT molecular complexity index is 383. The first-order valence-electron chi connectivity index (χ1n) is 7.61. The predicted octanol–water partition coefficient (Wildman–Crippen LogP) is 0.748. The van der Waals surface area contributed by atoms with E-state index < -0.39 is 5.54 Å². The summed E-state index contributed by atoms with van der Waals surface area (Å²) in [7, 11) is 0. The highest BCUT2D eigenvalue weighted by Crippen LogP contribution is 2.58. The standard InChI is InChI=1S/C15H28N2O3/c1-10(2)17(7-5-8-18)13(19)15(16)11-6-9-20-12(11)14(15,3)4/h10-12,18H,5-9,16H2,1-4H3. The minimum Gasteiger partial charge on any atom is -0.396 e. The number of rotatable bonds is 5. The number of carbonyl (C=O) groups is 1. The third-order valence-electron chi connectivity index (χ3n) is 5.25. The van der Waals surface area contributed by atoms with Crippen molar-refractivity contribution in [1.29, 1.82) is 0 Å². The van der Waals surface area contributed by atoms with Gasteiger partial charge in [0.2, 0.25) is 5.91 Å². The number of carbonyl (C=O) groups excluding carboxylic acids is 1. The summed E-state index contributed by atoms with van der Waals surface area (Å²) in [5.41, 5.74) is 5.41. The Labute approximate surface area is 121 Å². The van der Waals surface area contributed by atoms with Gasteiger partial charge in [-0.2, -0.15) is 0 Å². The van der Waals surface area contributed by atoms with Crippen LogP contribution in [-0.2, 0) is 9.53 Å². The van der Waals surface area contributed by atoms with Crippen LogP contribution >= 0.6 is 0 Å². The molecule has 0 aromatic rings. The lowest BCUT2D eigenvalue weighted by atomic mass is 9.47. The number of fused-ring (bicyclic) bond motifs is 1. The van der Waals surface area contributed by atoms with Gasteiger partial charge in [-0.1, -0.05) is 13.8 Å². The number of hydrogen-bond acceptors (Lipinski definition) is 4. The summed E-state index contributed by atoms with van der Waals surface area (Å²) in [6.45, 7) is 9.39. The summed E-state index contributed by atoms with van der Waals surface area (Å²) in [5, 5.41) is 9.02. The molecule has 5 nitrogen and oxygen atoms in total. The van der Waals surface area contributed by atoms with Gasteiger partial charge in [0.05, 0.1) is 6.10 Å². The van der Waals surface area contributed by atoms with Crippen LogP contribution in [0.15, 0.2) is 0 Å². The van der Waals surface area contributed by atoms with E-state index in [2.05, 4.69) is 0 Å². The van der Waals surface area contributed by atoms with Gasteiger partial charge in [0.1, 0.15) is 5.54 Å². The van der Waals surface area contributed by atoms with Crippen molar-refractivity contribution in [2.24, 2.45) is 17.1 Å². The molecular weight excluding hydrogens is 256 g/mol. The first-order chi connectivity index (χ1) is 9.28. The molecule has 116 valence electrons. The van der Waals surface area contributed by atoms with Crippen LogP contribution < -0.4 is 5.73 Å². The Hall–Kier alpha value is -0.650. The SMILES string of the molecule is CC(C)N(CCCO)C(=O)C1(N)C2CCOC2C1(C)C. The van der Waals surface area contributed by atoms with E-state index >= 15 is 0 Å². The van der Waals surface area contributed by atoms with Crippen LogP contribution in [0.3, 0.4) is 0 Å². The lowest BCUT2D eigenvalue weighted by Gasteiger charge is -2.62. The van der Waals surface area contributed by atoms with Gasteiger partial charge >= 0.3 is 0 Å². The zero-order chi connectivity index (χ0) is 15.1. The minimum atomic E-state index is -0.839. The summed E-state index contributed by atoms with van der Waals surface area (Å²) in [4.78, 5) is 14.8. The first kappa shape index (κ1) is 15.7. The molecule has 3 atom stereocenters. The molecule has 0 aromatic carbocycles. The van der Waals surface area contributed by atoms with Gasteiger partial charge in [-0.05, 0) is 26.7 Å². The van der Waals surface area contributed by atoms with Crippen LogP contribution in [0.5, 0.6) is 0 Å². The number of nitrogens with two attached hydrogens (primary N) is 1. The zero-order valence-electron chi connectivity index (χ0n) is 13.1. The molecule has 1 amide bonds. The van der Waals surface area contributed by atoms with E-state index in [1.165, 1.54) is 0 Å². The van der Waals surface area contributed by atoms with Crippen LogP contribution in [0.2, 0.25) is 0 Å². The van der Waals surface area contributed by atoms with E-state index in [4.69, 9.17) is 15.6 Å². The molecule has 2 rings (SSSR count). The van der Waals surface area contributed by atoms with Crippen LogP contribution in [-0.4, -0.2) is 53.4 Å². The second kappa shape index (κ2) is 5.28. The third-order valence-corrected chi connectivity index (χ3v) is 5.25. The number of ether oxygens (including phenoxy) is 1. The highest BCUT2D eigenvalue weighted by Gasteiger charge is 2.71. The van der Waals surface area contributed by atoms with Gasteiger partial charge < -0.3 is 20.5 Å². The molecule has 0 bridgehead atoms. The number of hydrogen-bond donors (Lipinski definition) is 2. The molecule has 2 aliphatic rings. The molecule has 0 spiro atoms. The second-order valence-corrected chi connectivity index (χ2v) is 6.95. The maximum absolute atomic E-state index is 13.0. The Kier molecular flexibility index (Phi) is 4.15. The number of nitrogens with zero attached hydrogens (tertiary/aromatic N) is 1. The molecule has 1 saturated carbocycles. The molecular formula is C15H28N2O3. The minimum absolute atomic E-state index is 0.0118. The molecule has 0 radical (unpaired) electrons. The predicted molar refractivity (Wildman–Crippen MR) is 77.1 cm³/mol. The summed E-state index contributed by atoms with van der Waals surface area (Å²) >= 11 is 0. The molecule has 5 heteroatoms. The Morgan fingerprint density at radius 2 is 2.15 bits per heavy atom. The maximum Gasteiger partial charge on any atom is 0.243 e. The Balaban J connectivity index is 2.21. The summed E-state index contributed by atoms with van der Waals surface area (Å²) in [6.07, 6.45) is 1.55. The number of amides is 1. The largest absolute Gasteiger partial charge is 0.396 e. The van der Waals surface area contributed by atoms with Crippen LogP contribution in [0.25, 0.3) is 0 Å². The third kappa shape index (κ3) is 1.98. The summed E-state index contributed by atoms with van der Waals surface area (Å²) in [5.74, 6) is 0.137. The number of aliphatic hydroxyl groups excluding tert-OH is 1. The first-order valence-corrected chi connectivity index (χ1v) is 7.61. The molecule has 0 aromatic heterocycles. The van der Waals surface area contributed by atoms with Crippen molar-refractivity contribution in [1.82, 2.24) is 4.90 Å². The van der Waals surface area contributed by atoms with Crippen molar-refractivity contribution in [2.45, 2.75) is 58.2 Å². The monoisotopic (exact) mass is 284 g/mol. The van der Waals surface area contributed by atoms with Gasteiger partial charge in [0.25, 0.3) is 0 Å². The van der Waals surface area contributed by atoms with Crippen LogP contribution in [0.1, 0.15) is 40.5 Å². The smallest absolute Gasteiger partial charge is 0.243 e. The van der Waals surface area contributed by atoms with E-state index in [1.54, 1.807) is 0 Å². The van der Waals surface area contributed by atoms with Gasteiger partial charge in [0, 0.05) is 37.1 Å². The van der Waals surface area contributed by atoms with Crippen molar-refractivity contribution in [3.8, 4) is 0 Å². The van der Waals surface area contributed by atoms with Crippen LogP contribution in [0, 0.1) is 11.3 Å². The quantitative estimate of drug-likeness (QED) is 0.781. The van der Waals surface area contributed by atoms with Crippen molar-refractivity contribution >= 4 is 5.91 Å². The molecule has 3 N–H and O–H groups in total. The molecule has 1 heterocycles. The lowest BCUT2D eigenvalue weighted by Crippen LogP contribution is -2.80. The maximum atomic E-state index is 13.0. The van der Waals surface area contributed by atoms with Crippen molar-refractivity contribution in [3.63, 3.8) is 0 Å². The topological polar surface area (TPSA) is 75.8 Å². The van der Waals surface area contributed by atoms with E-state index in [9.17, 15) is 4.79 Å². The molecule has 1 aliphatic heterocycles. The highest BCUT2D eigenvalue weighted by molar-refractivity contribution is 5.90. The molecule has 1 saturated heterocycles. The zero-order valence-corrected chi connectivity index (χ0v) is 13.1. The second-order valence-electron chi connectivity index (χ2n) is 6.95. The van der Waals surface area contributed by atoms with Crippen molar-refractivity contribution < 1.29 is 14.6 Å². The van der Waals surface area contributed by atoms with Crippen molar-refractivity contribution in [3.05, 3.63) is 0 Å². The Morgan fingerprint density at radius 3 is 2.70 bits per heavy atom. The van der Waals surface area contributed by atoms with Crippen LogP contribution in [0.4, 0.5) is 0 Å². The van der Waals surface area contributed by atoms with Crippen molar-refractivity contribution in [2.75, 3.05) is 19.8 Å². The van der Waals surface area contributed by atoms with E-state index in [1.807, 2.05) is 32.6 Å². The van der Waals surface area contributed by atoms with E-state index in [0.717, 1.165) is 6.42 Å². The molecule has 1 aliphatic carbocycles. The fraction of sp³-hybridized carbons (Fsp3) is 0.933. The Morgan fingerprint density at radius 1 is 1.50 bits per heavy atom. The highest BCUT2D eigenvalue weighted by atomic mass is 16.5. The molecule has 20 heavy (non-hydrogen) atoms. The number of aliphatic hydroxyl groups is 1. The van der Waals surface area contributed by atoms with Gasteiger partial charge in [-0.15, -0.1) is 0 Å². The molecule has 2 fully saturated rings. The van der Waals surface area contributed by atoms with Gasteiger partial charge in [-0.3, -0.25) is 4.79 Å². The fourth-order valence-corrected chi connectivity index (χ4v) is 3.89. The normalized spacial score (nSPS) is 34.8. The summed E-state index contributed by atoms with van der Waals surface area (Å²) < 4.78 is 5.74. The van der Waals surface area contributed by atoms with E-state index in [0.29, 0.717) is 19.6 Å². The van der Waals surface area contributed by atoms with Gasteiger partial charge in [0.15, 0.2) is 0 Å². The fourth-order valence-electron chi connectivity index (χ4n) is 3.89. The average Bonchev–Trinajstić information content (AvgIpc) is 2.85. The lowest BCUT2D eigenvalue weighted by molar-refractivity contribution is -0.185. The van der Waals surface area contributed by atoms with E-state index in [-0.39, 0.29) is 36.0 Å². The average molecular weight is 284 g/mol. The molecule has 3 unspecified atom stereocenters.